The highest BCUT2D eigenvalue weighted by Crippen LogP contribution is 2.29. The number of amidine groups is 1. The van der Waals surface area contributed by atoms with Crippen LogP contribution in [0.2, 0.25) is 0 Å². The molecule has 2 atom stereocenters. The van der Waals surface area contributed by atoms with Crippen LogP contribution in [0.3, 0.4) is 0 Å². The summed E-state index contributed by atoms with van der Waals surface area (Å²) in [5.41, 5.74) is 1.97. The molecule has 2 aliphatic heterocycles. The predicted molar refractivity (Wildman–Crippen MR) is 53.1 cm³/mol. The van der Waals surface area contributed by atoms with E-state index in [-0.39, 0.29) is 11.2 Å². The first kappa shape index (κ1) is 8.96. The summed E-state index contributed by atoms with van der Waals surface area (Å²) in [7, 11) is 0. The molecule has 13 heavy (non-hydrogen) atoms. The van der Waals surface area contributed by atoms with Crippen LogP contribution in [-0.2, 0) is 4.79 Å². The normalized spacial score (nSPS) is 37.2. The second-order valence-electron chi connectivity index (χ2n) is 3.00. The van der Waals surface area contributed by atoms with Crippen LogP contribution in [-0.4, -0.2) is 27.4 Å². The second kappa shape index (κ2) is 2.68. The van der Waals surface area contributed by atoms with E-state index < -0.39 is 11.6 Å². The van der Waals surface area contributed by atoms with Crippen LogP contribution in [0.1, 0.15) is 6.92 Å². The van der Waals surface area contributed by atoms with Gasteiger partial charge in [0.25, 0.3) is 5.91 Å². The lowest BCUT2D eigenvalue weighted by Crippen LogP contribution is -2.58. The Morgan fingerprint density at radius 1 is 1.69 bits per heavy atom. The first-order valence-electron chi connectivity index (χ1n) is 3.59. The Kier molecular flexibility index (Phi) is 1.85. The third-order valence-electron chi connectivity index (χ3n) is 2.09. The van der Waals surface area contributed by atoms with Gasteiger partial charge in [0.15, 0.2) is 11.3 Å². The molecule has 2 N–H and O–H groups in total. The quantitative estimate of drug-likeness (QED) is 0.612. The molecule has 1 amide bonds. The summed E-state index contributed by atoms with van der Waals surface area (Å²) in [4.78, 5) is 15.5. The highest BCUT2D eigenvalue weighted by atomic mass is 79.9. The minimum atomic E-state index is -0.709. The molecule has 0 aromatic rings. The number of nitrogens with zero attached hydrogens (tertiary/aromatic N) is 2. The van der Waals surface area contributed by atoms with Gasteiger partial charge < -0.3 is 0 Å². The molecule has 2 heterocycles. The summed E-state index contributed by atoms with van der Waals surface area (Å²) in [6.07, 6.45) is 0. The summed E-state index contributed by atoms with van der Waals surface area (Å²) in [5.74, 6) is -0.222. The Labute approximate surface area is 87.7 Å². The van der Waals surface area contributed by atoms with Gasteiger partial charge >= 0.3 is 0 Å². The van der Waals surface area contributed by atoms with Gasteiger partial charge in [0, 0.05) is 0 Å². The fourth-order valence-corrected chi connectivity index (χ4v) is 2.00. The molecule has 0 aliphatic carbocycles. The molecule has 70 valence electrons. The monoisotopic (exact) mass is 264 g/mol. The molecule has 0 spiro atoms. The zero-order valence-electron chi connectivity index (χ0n) is 6.64. The van der Waals surface area contributed by atoms with E-state index in [0.29, 0.717) is 4.62 Å². The minimum Gasteiger partial charge on any atom is -0.299 e. The number of carbonyl (C=O) groups is 1. The van der Waals surface area contributed by atoms with E-state index in [0.717, 1.165) is 0 Å². The molecule has 5 nitrogen and oxygen atoms in total. The maximum Gasteiger partial charge on any atom is 0.253 e. The molecule has 0 saturated carbocycles. The number of hydrogen-bond acceptors (Lipinski definition) is 4. The molecule has 0 saturated heterocycles. The van der Waals surface area contributed by atoms with E-state index in [2.05, 4.69) is 36.8 Å². The number of amides is 1. The number of fused-ring (bicyclic) bond motifs is 1. The zero-order chi connectivity index (χ0) is 9.64. The van der Waals surface area contributed by atoms with Crippen molar-refractivity contribution in [3.63, 3.8) is 0 Å². The lowest BCUT2D eigenvalue weighted by molar-refractivity contribution is -0.122. The Morgan fingerprint density at radius 3 is 3.08 bits per heavy atom. The van der Waals surface area contributed by atoms with Crippen molar-refractivity contribution in [2.45, 2.75) is 18.5 Å². The molecule has 0 aromatic carbocycles. The summed E-state index contributed by atoms with van der Waals surface area (Å²) in [6.45, 7) is 1.78. The van der Waals surface area contributed by atoms with Gasteiger partial charge in [-0.1, -0.05) is 0 Å². The fourth-order valence-electron chi connectivity index (χ4n) is 1.31. The number of nitrogens with one attached hydrogen (secondary N) is 2. The molecule has 2 aliphatic rings. The second-order valence-corrected chi connectivity index (χ2v) is 4.11. The average molecular weight is 265 g/mol. The van der Waals surface area contributed by atoms with E-state index in [1.54, 1.807) is 6.92 Å². The topological polar surface area (TPSA) is 65.8 Å². The van der Waals surface area contributed by atoms with Crippen molar-refractivity contribution in [1.29, 1.82) is 0 Å². The van der Waals surface area contributed by atoms with Gasteiger partial charge in [0.1, 0.15) is 10.2 Å². The minimum absolute atomic E-state index is 0.0969. The first-order chi connectivity index (χ1) is 6.04. The SMILES string of the molecule is CC12N=C(Cl)NC(=O)C1NN=C2Br. The maximum atomic E-state index is 11.4. The molecular weight excluding hydrogens is 259 g/mol. The van der Waals surface area contributed by atoms with Crippen LogP contribution >= 0.6 is 27.5 Å². The molecular formula is C6H6BrClN4O. The standard InChI is InChI=1S/C6H6BrClN4O/c1-6-2(11-12-4(6)7)3(13)9-5(8)10-6/h2,11H,1H3,(H,9,10,13). The number of carbonyl (C=O) groups excluding carboxylic acids is 1. The van der Waals surface area contributed by atoms with Crippen molar-refractivity contribution in [2.75, 3.05) is 0 Å². The van der Waals surface area contributed by atoms with Crippen LogP contribution < -0.4 is 10.7 Å². The Morgan fingerprint density at radius 2 is 2.38 bits per heavy atom. The summed E-state index contributed by atoms with van der Waals surface area (Å²) in [6, 6.07) is -0.482. The molecule has 0 radical (unpaired) electrons. The summed E-state index contributed by atoms with van der Waals surface area (Å²) < 4.78 is 0.581. The van der Waals surface area contributed by atoms with E-state index >= 15 is 0 Å². The van der Waals surface area contributed by atoms with Gasteiger partial charge in [-0.25, -0.2) is 4.99 Å². The highest BCUT2D eigenvalue weighted by Gasteiger charge is 2.49. The average Bonchev–Trinajstić information content (AvgIpc) is 2.27. The van der Waals surface area contributed by atoms with Crippen molar-refractivity contribution < 1.29 is 4.79 Å². The fraction of sp³-hybridized carbons (Fsp3) is 0.500. The smallest absolute Gasteiger partial charge is 0.253 e. The van der Waals surface area contributed by atoms with Crippen molar-refractivity contribution in [3.8, 4) is 0 Å². The number of hydrogen-bond donors (Lipinski definition) is 2. The predicted octanol–water partition coefficient (Wildman–Crippen LogP) is 0.150. The van der Waals surface area contributed by atoms with Gasteiger partial charge in [-0.15, -0.1) is 0 Å². The van der Waals surface area contributed by atoms with Crippen molar-refractivity contribution in [1.82, 2.24) is 10.7 Å². The first-order valence-corrected chi connectivity index (χ1v) is 4.76. The number of hydrazone groups is 1. The highest BCUT2D eigenvalue weighted by molar-refractivity contribution is 9.18. The van der Waals surface area contributed by atoms with Crippen LogP contribution in [0.4, 0.5) is 0 Å². The van der Waals surface area contributed by atoms with E-state index in [4.69, 9.17) is 11.6 Å². The zero-order valence-corrected chi connectivity index (χ0v) is 8.98. The Balaban J connectivity index is 2.47. The van der Waals surface area contributed by atoms with E-state index in [9.17, 15) is 4.79 Å². The van der Waals surface area contributed by atoms with Crippen molar-refractivity contribution in [2.24, 2.45) is 10.1 Å². The third-order valence-corrected chi connectivity index (χ3v) is 3.25. The largest absolute Gasteiger partial charge is 0.299 e. The summed E-state index contributed by atoms with van der Waals surface area (Å²) >= 11 is 8.88. The maximum absolute atomic E-state index is 11.4. The molecule has 0 aromatic heterocycles. The molecule has 2 unspecified atom stereocenters. The van der Waals surface area contributed by atoms with Gasteiger partial charge in [0.2, 0.25) is 0 Å². The Bertz CT molecular complexity index is 342. The number of aliphatic imine (C=N–C) groups is 1. The van der Waals surface area contributed by atoms with Crippen LogP contribution in [0.15, 0.2) is 10.1 Å². The number of halogens is 2. The van der Waals surface area contributed by atoms with E-state index in [1.807, 2.05) is 0 Å². The van der Waals surface area contributed by atoms with Crippen molar-refractivity contribution in [3.05, 3.63) is 0 Å². The van der Waals surface area contributed by atoms with Gasteiger partial charge in [-0.05, 0) is 34.5 Å². The molecule has 0 bridgehead atoms. The van der Waals surface area contributed by atoms with Crippen LogP contribution in [0.5, 0.6) is 0 Å². The molecule has 2 rings (SSSR count). The molecule has 0 fully saturated rings. The number of rotatable bonds is 0. The van der Waals surface area contributed by atoms with Gasteiger partial charge in [-0.3, -0.25) is 15.5 Å². The molecule has 7 heteroatoms. The van der Waals surface area contributed by atoms with Crippen LogP contribution in [0, 0.1) is 0 Å². The lowest BCUT2D eigenvalue weighted by atomic mass is 9.94. The lowest BCUT2D eigenvalue weighted by Gasteiger charge is -2.29. The van der Waals surface area contributed by atoms with E-state index in [1.165, 1.54) is 0 Å². The third kappa shape index (κ3) is 1.16. The Hall–Kier alpha value is -0.620. The summed E-state index contributed by atoms with van der Waals surface area (Å²) in [5, 5.41) is 6.41. The van der Waals surface area contributed by atoms with Gasteiger partial charge in [0.05, 0.1) is 0 Å². The van der Waals surface area contributed by atoms with Gasteiger partial charge in [-0.2, -0.15) is 5.10 Å². The van der Waals surface area contributed by atoms with Crippen molar-refractivity contribution >= 4 is 43.4 Å². The van der Waals surface area contributed by atoms with Crippen LogP contribution in [0.25, 0.3) is 0 Å².